The lowest BCUT2D eigenvalue weighted by molar-refractivity contribution is -0.124. The highest BCUT2D eigenvalue weighted by atomic mass is 16.5. The lowest BCUT2D eigenvalue weighted by atomic mass is 10.1. The first-order valence-corrected chi connectivity index (χ1v) is 7.25. The van der Waals surface area contributed by atoms with E-state index in [0.29, 0.717) is 11.3 Å². The van der Waals surface area contributed by atoms with Crippen LogP contribution in [0.2, 0.25) is 0 Å². The summed E-state index contributed by atoms with van der Waals surface area (Å²) in [6, 6.07) is 15.9. The van der Waals surface area contributed by atoms with Crippen molar-refractivity contribution in [2.24, 2.45) is 0 Å². The standard InChI is InChI=1S/C18H19NO4/c1-13(14-6-4-3-5-7-14)19-17(20)12-23-18(21)15-8-10-16(22-2)11-9-15/h3-11,13H,12H2,1-2H3,(H,19,20)/t13-/m1/s1. The van der Waals surface area contributed by atoms with Gasteiger partial charge >= 0.3 is 5.97 Å². The molecule has 2 aromatic rings. The molecule has 0 saturated carbocycles. The molecule has 2 aromatic carbocycles. The van der Waals surface area contributed by atoms with Crippen molar-refractivity contribution in [1.29, 1.82) is 0 Å². The van der Waals surface area contributed by atoms with Crippen molar-refractivity contribution in [1.82, 2.24) is 5.32 Å². The Morgan fingerprint density at radius 2 is 1.70 bits per heavy atom. The van der Waals surface area contributed by atoms with Gasteiger partial charge in [0.25, 0.3) is 5.91 Å². The predicted molar refractivity (Wildman–Crippen MR) is 86.3 cm³/mol. The smallest absolute Gasteiger partial charge is 0.338 e. The Balaban J connectivity index is 1.82. The van der Waals surface area contributed by atoms with E-state index in [-0.39, 0.29) is 18.6 Å². The number of hydrogen-bond donors (Lipinski definition) is 1. The highest BCUT2D eigenvalue weighted by molar-refractivity contribution is 5.91. The van der Waals surface area contributed by atoms with E-state index in [0.717, 1.165) is 5.56 Å². The summed E-state index contributed by atoms with van der Waals surface area (Å²) in [5.74, 6) is -0.241. The van der Waals surface area contributed by atoms with Gasteiger partial charge in [0.15, 0.2) is 6.61 Å². The molecular formula is C18H19NO4. The third kappa shape index (κ3) is 4.85. The van der Waals surface area contributed by atoms with Crippen LogP contribution in [-0.2, 0) is 9.53 Å². The van der Waals surface area contributed by atoms with Gasteiger partial charge in [0.2, 0.25) is 0 Å². The third-order valence-electron chi connectivity index (χ3n) is 3.34. The molecule has 23 heavy (non-hydrogen) atoms. The Morgan fingerprint density at radius 3 is 2.30 bits per heavy atom. The molecule has 0 aliphatic heterocycles. The zero-order valence-electron chi connectivity index (χ0n) is 13.1. The molecule has 0 fully saturated rings. The van der Waals surface area contributed by atoms with Gasteiger partial charge in [0.1, 0.15) is 5.75 Å². The van der Waals surface area contributed by atoms with Crippen molar-refractivity contribution in [3.05, 3.63) is 65.7 Å². The quantitative estimate of drug-likeness (QED) is 0.833. The van der Waals surface area contributed by atoms with E-state index in [1.807, 2.05) is 37.3 Å². The number of hydrogen-bond acceptors (Lipinski definition) is 4. The molecule has 0 heterocycles. The normalized spacial score (nSPS) is 11.4. The van der Waals surface area contributed by atoms with Gasteiger partial charge < -0.3 is 14.8 Å². The number of nitrogens with one attached hydrogen (secondary N) is 1. The molecule has 5 heteroatoms. The summed E-state index contributed by atoms with van der Waals surface area (Å²) in [5, 5.41) is 2.79. The van der Waals surface area contributed by atoms with Crippen LogP contribution in [0.4, 0.5) is 0 Å². The van der Waals surface area contributed by atoms with Crippen LogP contribution in [0.25, 0.3) is 0 Å². The molecule has 5 nitrogen and oxygen atoms in total. The summed E-state index contributed by atoms with van der Waals surface area (Å²) < 4.78 is 10.0. The fourth-order valence-corrected chi connectivity index (χ4v) is 2.05. The molecule has 0 spiro atoms. The van der Waals surface area contributed by atoms with Gasteiger partial charge in [-0.1, -0.05) is 30.3 Å². The van der Waals surface area contributed by atoms with Gasteiger partial charge in [-0.05, 0) is 36.8 Å². The first-order chi connectivity index (χ1) is 11.1. The Bertz CT molecular complexity index is 652. The van der Waals surface area contributed by atoms with Crippen LogP contribution in [0.3, 0.4) is 0 Å². The lowest BCUT2D eigenvalue weighted by Gasteiger charge is -2.14. The minimum atomic E-state index is -0.546. The summed E-state index contributed by atoms with van der Waals surface area (Å²) in [6.45, 7) is 1.56. The fourth-order valence-electron chi connectivity index (χ4n) is 2.05. The average Bonchev–Trinajstić information content (AvgIpc) is 2.60. The van der Waals surface area contributed by atoms with Crippen molar-refractivity contribution in [3.8, 4) is 5.75 Å². The van der Waals surface area contributed by atoms with Crippen LogP contribution >= 0.6 is 0 Å². The summed E-state index contributed by atoms with van der Waals surface area (Å²) in [6.07, 6.45) is 0. The Morgan fingerprint density at radius 1 is 1.04 bits per heavy atom. The average molecular weight is 313 g/mol. The molecule has 0 aliphatic rings. The Labute approximate surface area is 135 Å². The number of rotatable bonds is 6. The molecule has 1 N–H and O–H groups in total. The van der Waals surface area contributed by atoms with E-state index >= 15 is 0 Å². The summed E-state index contributed by atoms with van der Waals surface area (Å²) in [5.41, 5.74) is 1.36. The van der Waals surface area contributed by atoms with Gasteiger partial charge in [0, 0.05) is 0 Å². The van der Waals surface area contributed by atoms with Crippen molar-refractivity contribution >= 4 is 11.9 Å². The van der Waals surface area contributed by atoms with E-state index in [4.69, 9.17) is 9.47 Å². The first kappa shape index (κ1) is 16.5. The first-order valence-electron chi connectivity index (χ1n) is 7.25. The van der Waals surface area contributed by atoms with E-state index in [1.165, 1.54) is 0 Å². The molecule has 120 valence electrons. The van der Waals surface area contributed by atoms with Crippen molar-refractivity contribution < 1.29 is 19.1 Å². The van der Waals surface area contributed by atoms with Gasteiger partial charge in [-0.2, -0.15) is 0 Å². The van der Waals surface area contributed by atoms with E-state index < -0.39 is 5.97 Å². The second kappa shape index (κ2) is 7.98. The van der Waals surface area contributed by atoms with Crippen LogP contribution in [-0.4, -0.2) is 25.6 Å². The monoisotopic (exact) mass is 313 g/mol. The van der Waals surface area contributed by atoms with Crippen molar-refractivity contribution in [3.63, 3.8) is 0 Å². The van der Waals surface area contributed by atoms with E-state index in [9.17, 15) is 9.59 Å². The number of carbonyl (C=O) groups excluding carboxylic acids is 2. The molecule has 1 atom stereocenters. The minimum Gasteiger partial charge on any atom is -0.497 e. The number of carbonyl (C=O) groups is 2. The summed E-state index contributed by atoms with van der Waals surface area (Å²) in [4.78, 5) is 23.7. The lowest BCUT2D eigenvalue weighted by Crippen LogP contribution is -2.31. The van der Waals surface area contributed by atoms with Gasteiger partial charge in [-0.3, -0.25) is 4.79 Å². The number of methoxy groups -OCH3 is 1. The maximum Gasteiger partial charge on any atom is 0.338 e. The third-order valence-corrected chi connectivity index (χ3v) is 3.34. The molecular weight excluding hydrogens is 294 g/mol. The molecule has 0 bridgehead atoms. The number of ether oxygens (including phenoxy) is 2. The zero-order chi connectivity index (χ0) is 16.7. The summed E-state index contributed by atoms with van der Waals surface area (Å²) in [7, 11) is 1.55. The van der Waals surface area contributed by atoms with E-state index in [2.05, 4.69) is 5.32 Å². The summed E-state index contributed by atoms with van der Waals surface area (Å²) >= 11 is 0. The molecule has 0 radical (unpaired) electrons. The van der Waals surface area contributed by atoms with Crippen LogP contribution in [0.1, 0.15) is 28.9 Å². The zero-order valence-corrected chi connectivity index (χ0v) is 13.1. The molecule has 0 aliphatic carbocycles. The largest absolute Gasteiger partial charge is 0.497 e. The van der Waals surface area contributed by atoms with E-state index in [1.54, 1.807) is 31.4 Å². The molecule has 0 unspecified atom stereocenters. The number of amides is 1. The highest BCUT2D eigenvalue weighted by Gasteiger charge is 2.13. The van der Waals surface area contributed by atoms with Crippen LogP contribution in [0, 0.1) is 0 Å². The highest BCUT2D eigenvalue weighted by Crippen LogP contribution is 2.13. The molecule has 0 saturated heterocycles. The Hall–Kier alpha value is -2.82. The predicted octanol–water partition coefficient (Wildman–Crippen LogP) is 2.73. The number of esters is 1. The van der Waals surface area contributed by atoms with Crippen molar-refractivity contribution in [2.75, 3.05) is 13.7 Å². The fraction of sp³-hybridized carbons (Fsp3) is 0.222. The molecule has 0 aromatic heterocycles. The second-order valence-electron chi connectivity index (χ2n) is 5.00. The molecule has 2 rings (SSSR count). The van der Waals surface area contributed by atoms with Crippen molar-refractivity contribution in [2.45, 2.75) is 13.0 Å². The second-order valence-corrected chi connectivity index (χ2v) is 5.00. The van der Waals surface area contributed by atoms with Gasteiger partial charge in [-0.15, -0.1) is 0 Å². The maximum atomic E-state index is 11.9. The van der Waals surface area contributed by atoms with Crippen LogP contribution in [0.15, 0.2) is 54.6 Å². The van der Waals surface area contributed by atoms with Gasteiger partial charge in [0.05, 0.1) is 18.7 Å². The minimum absolute atomic E-state index is 0.150. The SMILES string of the molecule is COc1ccc(C(=O)OCC(=O)N[C@H](C)c2ccccc2)cc1. The van der Waals surface area contributed by atoms with Gasteiger partial charge in [-0.25, -0.2) is 4.79 Å². The maximum absolute atomic E-state index is 11.9. The Kier molecular flexibility index (Phi) is 5.74. The molecule has 1 amide bonds. The number of benzene rings is 2. The van der Waals surface area contributed by atoms with Crippen LogP contribution < -0.4 is 10.1 Å². The van der Waals surface area contributed by atoms with Crippen LogP contribution in [0.5, 0.6) is 5.75 Å². The topological polar surface area (TPSA) is 64.6 Å².